The molecule has 0 spiro atoms. The van der Waals surface area contributed by atoms with Gasteiger partial charge in [-0.05, 0) is 56.2 Å². The lowest BCUT2D eigenvalue weighted by atomic mass is 10.2. The van der Waals surface area contributed by atoms with Crippen molar-refractivity contribution in [3.05, 3.63) is 45.6 Å². The topological polar surface area (TPSA) is 116 Å². The summed E-state index contributed by atoms with van der Waals surface area (Å²) < 4.78 is 27.6. The van der Waals surface area contributed by atoms with Gasteiger partial charge >= 0.3 is 5.97 Å². The number of carbonyl (C=O) groups excluding carboxylic acids is 2. The van der Waals surface area contributed by atoms with E-state index in [9.17, 15) is 18.0 Å². The third-order valence-electron chi connectivity index (χ3n) is 3.71. The number of aryl methyl sites for hydroxylation is 2. The molecule has 0 aliphatic rings. The standard InChI is InChI=1S/C17H20N2O5S2/c1-4-12-9-15(25-11(12)3)17(21)24-10(2)16(20)19-13-5-7-14(8-6-13)26(18,22)23/h5-10H,4H2,1-3H3,(H,19,20)(H2,18,22,23)/t10-/m1/s1. The van der Waals surface area contributed by atoms with Crippen molar-refractivity contribution < 1.29 is 22.7 Å². The van der Waals surface area contributed by atoms with Crippen LogP contribution in [0.15, 0.2) is 35.2 Å². The second-order valence-electron chi connectivity index (χ2n) is 5.65. The minimum atomic E-state index is -3.80. The number of nitrogens with one attached hydrogen (secondary N) is 1. The number of thiophene rings is 1. The van der Waals surface area contributed by atoms with Crippen LogP contribution in [-0.2, 0) is 26.0 Å². The van der Waals surface area contributed by atoms with E-state index in [1.807, 2.05) is 13.8 Å². The van der Waals surface area contributed by atoms with E-state index < -0.39 is 28.0 Å². The summed E-state index contributed by atoms with van der Waals surface area (Å²) in [5.41, 5.74) is 1.44. The minimum Gasteiger partial charge on any atom is -0.448 e. The van der Waals surface area contributed by atoms with Crippen LogP contribution in [0, 0.1) is 6.92 Å². The van der Waals surface area contributed by atoms with Crippen molar-refractivity contribution in [3.63, 3.8) is 0 Å². The number of hydrogen-bond donors (Lipinski definition) is 2. The van der Waals surface area contributed by atoms with Gasteiger partial charge in [0.1, 0.15) is 4.88 Å². The summed E-state index contributed by atoms with van der Waals surface area (Å²) in [6.07, 6.45) is -0.187. The molecule has 2 rings (SSSR count). The van der Waals surface area contributed by atoms with E-state index >= 15 is 0 Å². The van der Waals surface area contributed by atoms with Gasteiger partial charge in [0.15, 0.2) is 6.10 Å². The lowest BCUT2D eigenvalue weighted by Gasteiger charge is -2.13. The van der Waals surface area contributed by atoms with Gasteiger partial charge < -0.3 is 10.1 Å². The smallest absolute Gasteiger partial charge is 0.349 e. The number of primary sulfonamides is 1. The van der Waals surface area contributed by atoms with E-state index in [2.05, 4.69) is 5.32 Å². The van der Waals surface area contributed by atoms with Crippen LogP contribution in [-0.4, -0.2) is 26.4 Å². The fraction of sp³-hybridized carbons (Fsp3) is 0.294. The zero-order valence-electron chi connectivity index (χ0n) is 14.6. The number of anilines is 1. The van der Waals surface area contributed by atoms with E-state index in [0.29, 0.717) is 10.6 Å². The number of amides is 1. The van der Waals surface area contributed by atoms with E-state index in [1.54, 1.807) is 6.07 Å². The van der Waals surface area contributed by atoms with Crippen LogP contribution in [0.1, 0.15) is 34.0 Å². The molecule has 0 unspecified atom stereocenters. The van der Waals surface area contributed by atoms with Crippen LogP contribution >= 0.6 is 11.3 Å². The number of sulfonamides is 1. The first kappa shape index (κ1) is 20.1. The van der Waals surface area contributed by atoms with Crippen molar-refractivity contribution in [1.29, 1.82) is 0 Å². The quantitative estimate of drug-likeness (QED) is 0.728. The van der Waals surface area contributed by atoms with Crippen LogP contribution in [0.25, 0.3) is 0 Å². The molecular weight excluding hydrogens is 376 g/mol. The molecule has 3 N–H and O–H groups in total. The summed E-state index contributed by atoms with van der Waals surface area (Å²) in [4.78, 5) is 25.8. The lowest BCUT2D eigenvalue weighted by Crippen LogP contribution is -2.29. The number of rotatable bonds is 6. The number of ether oxygens (including phenoxy) is 1. The number of carbonyl (C=O) groups is 2. The maximum Gasteiger partial charge on any atom is 0.349 e. The molecule has 2 aromatic rings. The molecule has 1 heterocycles. The summed E-state index contributed by atoms with van der Waals surface area (Å²) in [6, 6.07) is 7.15. The Bertz CT molecular complexity index is 917. The molecule has 1 amide bonds. The van der Waals surface area contributed by atoms with Gasteiger partial charge in [0.2, 0.25) is 10.0 Å². The monoisotopic (exact) mass is 396 g/mol. The Morgan fingerprint density at radius 1 is 1.27 bits per heavy atom. The Morgan fingerprint density at radius 2 is 1.88 bits per heavy atom. The van der Waals surface area contributed by atoms with Crippen LogP contribution in [0.2, 0.25) is 0 Å². The van der Waals surface area contributed by atoms with Crippen LogP contribution in [0.5, 0.6) is 0 Å². The Morgan fingerprint density at radius 3 is 2.38 bits per heavy atom. The third kappa shape index (κ3) is 4.90. The number of nitrogens with two attached hydrogens (primary N) is 1. The molecule has 7 nitrogen and oxygen atoms in total. The predicted molar refractivity (Wildman–Crippen MR) is 99.8 cm³/mol. The highest BCUT2D eigenvalue weighted by molar-refractivity contribution is 7.89. The van der Waals surface area contributed by atoms with Gasteiger partial charge in [0, 0.05) is 10.6 Å². The molecule has 26 heavy (non-hydrogen) atoms. The van der Waals surface area contributed by atoms with Gasteiger partial charge in [0.25, 0.3) is 5.91 Å². The summed E-state index contributed by atoms with van der Waals surface area (Å²) in [6.45, 7) is 5.40. The van der Waals surface area contributed by atoms with E-state index in [-0.39, 0.29) is 4.90 Å². The Balaban J connectivity index is 1.99. The highest BCUT2D eigenvalue weighted by Gasteiger charge is 2.21. The van der Waals surface area contributed by atoms with Crippen molar-refractivity contribution >= 4 is 38.9 Å². The molecule has 0 saturated carbocycles. The molecule has 140 valence electrons. The van der Waals surface area contributed by atoms with E-state index in [4.69, 9.17) is 9.88 Å². The number of esters is 1. The van der Waals surface area contributed by atoms with Crippen molar-refractivity contribution in [3.8, 4) is 0 Å². The molecule has 0 aliphatic carbocycles. The van der Waals surface area contributed by atoms with Crippen molar-refractivity contribution in [1.82, 2.24) is 0 Å². The molecular formula is C17H20N2O5S2. The zero-order chi connectivity index (χ0) is 19.5. The van der Waals surface area contributed by atoms with Gasteiger partial charge in [-0.2, -0.15) is 0 Å². The first-order valence-corrected chi connectivity index (χ1v) is 10.2. The van der Waals surface area contributed by atoms with E-state index in [1.165, 1.54) is 42.5 Å². The molecule has 0 bridgehead atoms. The second kappa shape index (κ2) is 7.98. The van der Waals surface area contributed by atoms with Crippen molar-refractivity contribution in [2.75, 3.05) is 5.32 Å². The Kier molecular flexibility index (Phi) is 6.17. The molecule has 1 atom stereocenters. The van der Waals surface area contributed by atoms with E-state index in [0.717, 1.165) is 16.9 Å². The average molecular weight is 396 g/mol. The van der Waals surface area contributed by atoms with Gasteiger partial charge in [-0.1, -0.05) is 6.92 Å². The molecule has 9 heteroatoms. The molecule has 1 aromatic heterocycles. The van der Waals surface area contributed by atoms with Crippen LogP contribution < -0.4 is 10.5 Å². The molecule has 0 fully saturated rings. The molecule has 1 aromatic carbocycles. The van der Waals surface area contributed by atoms with Gasteiger partial charge in [-0.15, -0.1) is 11.3 Å². The summed E-state index contributed by atoms with van der Waals surface area (Å²) in [7, 11) is -3.80. The Hall–Kier alpha value is -2.23. The van der Waals surface area contributed by atoms with Gasteiger partial charge in [-0.25, -0.2) is 18.4 Å². The van der Waals surface area contributed by atoms with Crippen LogP contribution in [0.3, 0.4) is 0 Å². The third-order valence-corrected chi connectivity index (χ3v) is 5.71. The first-order chi connectivity index (χ1) is 12.1. The van der Waals surface area contributed by atoms with Crippen molar-refractivity contribution in [2.45, 2.75) is 38.2 Å². The highest BCUT2D eigenvalue weighted by Crippen LogP contribution is 2.23. The fourth-order valence-corrected chi connectivity index (χ4v) is 3.73. The summed E-state index contributed by atoms with van der Waals surface area (Å²) >= 11 is 1.33. The molecule has 0 radical (unpaired) electrons. The average Bonchev–Trinajstić information content (AvgIpc) is 2.95. The fourth-order valence-electron chi connectivity index (χ4n) is 2.22. The van der Waals surface area contributed by atoms with Crippen LogP contribution in [0.4, 0.5) is 5.69 Å². The zero-order valence-corrected chi connectivity index (χ0v) is 16.2. The molecule has 0 aliphatic heterocycles. The summed E-state index contributed by atoms with van der Waals surface area (Å²) in [5.74, 6) is -1.07. The van der Waals surface area contributed by atoms with Gasteiger partial charge in [-0.3, -0.25) is 4.79 Å². The number of benzene rings is 1. The largest absolute Gasteiger partial charge is 0.448 e. The first-order valence-electron chi connectivity index (χ1n) is 7.85. The Labute approximate surface area is 156 Å². The normalized spacial score (nSPS) is 12.5. The predicted octanol–water partition coefficient (Wildman–Crippen LogP) is 2.45. The maximum absolute atomic E-state index is 12.2. The lowest BCUT2D eigenvalue weighted by molar-refractivity contribution is -0.123. The summed E-state index contributed by atoms with van der Waals surface area (Å²) in [5, 5.41) is 7.57. The second-order valence-corrected chi connectivity index (χ2v) is 8.47. The minimum absolute atomic E-state index is 0.0604. The maximum atomic E-state index is 12.2. The highest BCUT2D eigenvalue weighted by atomic mass is 32.2. The number of hydrogen-bond acceptors (Lipinski definition) is 6. The van der Waals surface area contributed by atoms with Crippen molar-refractivity contribution in [2.24, 2.45) is 5.14 Å². The molecule has 0 saturated heterocycles. The van der Waals surface area contributed by atoms with Gasteiger partial charge in [0.05, 0.1) is 4.90 Å². The SMILES string of the molecule is CCc1cc(C(=O)O[C@H](C)C(=O)Nc2ccc(S(N)(=O)=O)cc2)sc1C.